The van der Waals surface area contributed by atoms with Crippen molar-refractivity contribution in [2.24, 2.45) is 5.92 Å². The fourth-order valence-electron chi connectivity index (χ4n) is 1.37. The fourth-order valence-corrected chi connectivity index (χ4v) is 2.88. The van der Waals surface area contributed by atoms with Crippen LogP contribution >= 0.6 is 7.82 Å². The molecule has 0 saturated heterocycles. The van der Waals surface area contributed by atoms with E-state index in [1.54, 1.807) is 13.8 Å². The van der Waals surface area contributed by atoms with E-state index in [-0.39, 0.29) is 6.10 Å². The molecule has 0 aliphatic heterocycles. The van der Waals surface area contributed by atoms with Crippen LogP contribution in [0.2, 0.25) is 0 Å². The molecule has 4 nitrogen and oxygen atoms in total. The predicted molar refractivity (Wildman–Crippen MR) is 65.5 cm³/mol. The van der Waals surface area contributed by atoms with Crippen molar-refractivity contribution in [1.29, 1.82) is 0 Å². The second-order valence-electron chi connectivity index (χ2n) is 3.96. The molecule has 0 aromatic rings. The van der Waals surface area contributed by atoms with Gasteiger partial charge in [-0.05, 0) is 26.2 Å². The van der Waals surface area contributed by atoms with Crippen LogP contribution in [0.4, 0.5) is 0 Å². The molecule has 0 fully saturated rings. The lowest BCUT2D eigenvalue weighted by molar-refractivity contribution is 0.0579. The van der Waals surface area contributed by atoms with E-state index in [0.29, 0.717) is 19.1 Å². The summed E-state index contributed by atoms with van der Waals surface area (Å²) in [6, 6.07) is 0. The summed E-state index contributed by atoms with van der Waals surface area (Å²) in [7, 11) is -3.36. The molecule has 0 aromatic carbocycles. The molecule has 98 valence electrons. The average molecular weight is 252 g/mol. The van der Waals surface area contributed by atoms with Crippen LogP contribution in [-0.4, -0.2) is 19.3 Å². The minimum Gasteiger partial charge on any atom is -0.287 e. The Bertz CT molecular complexity index is 208. The maximum absolute atomic E-state index is 12.1. The number of hydrogen-bond acceptors (Lipinski definition) is 4. The summed E-state index contributed by atoms with van der Waals surface area (Å²) < 4.78 is 27.9. The van der Waals surface area contributed by atoms with Gasteiger partial charge in [-0.1, -0.05) is 27.2 Å². The van der Waals surface area contributed by atoms with Gasteiger partial charge in [0.05, 0.1) is 19.3 Å². The lowest BCUT2D eigenvalue weighted by Crippen LogP contribution is -2.19. The third-order valence-electron chi connectivity index (χ3n) is 2.16. The highest BCUT2D eigenvalue weighted by molar-refractivity contribution is 7.48. The van der Waals surface area contributed by atoms with Crippen LogP contribution in [0.15, 0.2) is 0 Å². The van der Waals surface area contributed by atoms with Gasteiger partial charge >= 0.3 is 7.82 Å². The molecule has 1 unspecified atom stereocenters. The molecule has 0 amide bonds. The van der Waals surface area contributed by atoms with E-state index in [1.807, 2.05) is 13.8 Å². The van der Waals surface area contributed by atoms with Gasteiger partial charge < -0.3 is 0 Å². The smallest absolute Gasteiger partial charge is 0.287 e. The van der Waals surface area contributed by atoms with Crippen LogP contribution in [0.1, 0.15) is 47.5 Å². The Labute approximate surface area is 99.3 Å². The molecule has 0 bridgehead atoms. The van der Waals surface area contributed by atoms with Crippen LogP contribution in [0.3, 0.4) is 0 Å². The average Bonchev–Trinajstić information content (AvgIpc) is 2.17. The molecule has 0 aliphatic carbocycles. The lowest BCUT2D eigenvalue weighted by Gasteiger charge is -2.25. The summed E-state index contributed by atoms with van der Waals surface area (Å²) in [6.07, 6.45) is 1.78. The third-order valence-corrected chi connectivity index (χ3v) is 3.83. The van der Waals surface area contributed by atoms with E-state index in [0.717, 1.165) is 12.8 Å². The van der Waals surface area contributed by atoms with E-state index in [9.17, 15) is 4.57 Å². The van der Waals surface area contributed by atoms with Gasteiger partial charge in [0.15, 0.2) is 0 Å². The van der Waals surface area contributed by atoms with Crippen molar-refractivity contribution in [3.05, 3.63) is 0 Å². The first kappa shape index (κ1) is 16.1. The van der Waals surface area contributed by atoms with Gasteiger partial charge in [0.25, 0.3) is 0 Å². The third kappa shape index (κ3) is 6.00. The number of hydrogen-bond donors (Lipinski definition) is 0. The first-order valence-electron chi connectivity index (χ1n) is 6.06. The molecule has 0 radical (unpaired) electrons. The Hall–Kier alpha value is 0.110. The van der Waals surface area contributed by atoms with E-state index < -0.39 is 7.82 Å². The molecule has 1 atom stereocenters. The van der Waals surface area contributed by atoms with E-state index >= 15 is 0 Å². The summed E-state index contributed by atoms with van der Waals surface area (Å²) in [5, 5.41) is 0. The number of rotatable bonds is 9. The monoisotopic (exact) mass is 252 g/mol. The molecule has 0 saturated carbocycles. The van der Waals surface area contributed by atoms with Crippen molar-refractivity contribution in [2.75, 3.05) is 13.2 Å². The van der Waals surface area contributed by atoms with E-state index in [2.05, 4.69) is 6.92 Å². The van der Waals surface area contributed by atoms with Crippen molar-refractivity contribution in [2.45, 2.75) is 53.6 Å². The lowest BCUT2D eigenvalue weighted by atomic mass is 10.0. The predicted octanol–water partition coefficient (Wildman–Crippen LogP) is 4.01. The number of phosphoric ester groups is 1. The quantitative estimate of drug-likeness (QED) is 0.581. The summed E-state index contributed by atoms with van der Waals surface area (Å²) in [5.74, 6) is 0.300. The summed E-state index contributed by atoms with van der Waals surface area (Å²) >= 11 is 0. The summed E-state index contributed by atoms with van der Waals surface area (Å²) in [4.78, 5) is 0. The summed E-state index contributed by atoms with van der Waals surface area (Å²) in [5.41, 5.74) is 0. The topological polar surface area (TPSA) is 44.8 Å². The van der Waals surface area contributed by atoms with Gasteiger partial charge in [0.2, 0.25) is 0 Å². The number of phosphoric acid groups is 1. The highest BCUT2D eigenvalue weighted by Crippen LogP contribution is 2.51. The Morgan fingerprint density at radius 3 is 1.88 bits per heavy atom. The molecule has 16 heavy (non-hydrogen) atoms. The molecule has 0 aliphatic rings. The highest BCUT2D eigenvalue weighted by atomic mass is 31.2. The normalized spacial score (nSPS) is 14.4. The molecule has 0 aromatic heterocycles. The zero-order valence-corrected chi connectivity index (χ0v) is 12.0. The summed E-state index contributed by atoms with van der Waals surface area (Å²) in [6.45, 7) is 10.4. The van der Waals surface area contributed by atoms with Crippen molar-refractivity contribution in [3.63, 3.8) is 0 Å². The van der Waals surface area contributed by atoms with Crippen molar-refractivity contribution < 1.29 is 18.1 Å². The van der Waals surface area contributed by atoms with Gasteiger partial charge in [-0.2, -0.15) is 0 Å². The Kier molecular flexibility index (Phi) is 8.29. The van der Waals surface area contributed by atoms with Crippen LogP contribution < -0.4 is 0 Å². The first-order valence-corrected chi connectivity index (χ1v) is 7.52. The van der Waals surface area contributed by atoms with Crippen LogP contribution in [-0.2, 0) is 18.1 Å². The van der Waals surface area contributed by atoms with Crippen LogP contribution in [0, 0.1) is 5.92 Å². The standard InChI is InChI=1S/C11H25O4P/c1-6-9-11(10(4)5)15-16(12,13-7-2)14-8-3/h10-11H,6-9H2,1-5H3. The van der Waals surface area contributed by atoms with Crippen molar-refractivity contribution >= 4 is 7.82 Å². The second-order valence-corrected chi connectivity index (χ2v) is 5.58. The van der Waals surface area contributed by atoms with Gasteiger partial charge in [-0.3, -0.25) is 13.6 Å². The first-order chi connectivity index (χ1) is 7.49. The Morgan fingerprint density at radius 2 is 1.56 bits per heavy atom. The second kappa shape index (κ2) is 8.24. The fraction of sp³-hybridized carbons (Fsp3) is 1.00. The minimum absolute atomic E-state index is 0.0751. The Balaban J connectivity index is 4.50. The molecular formula is C11H25O4P. The van der Waals surface area contributed by atoms with E-state index in [4.69, 9.17) is 13.6 Å². The molecule has 0 N–H and O–H groups in total. The van der Waals surface area contributed by atoms with Gasteiger partial charge in [0.1, 0.15) is 0 Å². The van der Waals surface area contributed by atoms with Gasteiger partial charge in [-0.25, -0.2) is 4.57 Å². The maximum atomic E-state index is 12.1. The van der Waals surface area contributed by atoms with Gasteiger partial charge in [-0.15, -0.1) is 0 Å². The van der Waals surface area contributed by atoms with E-state index in [1.165, 1.54) is 0 Å². The zero-order valence-electron chi connectivity index (χ0n) is 11.1. The van der Waals surface area contributed by atoms with Crippen LogP contribution in [0.25, 0.3) is 0 Å². The Morgan fingerprint density at radius 1 is 1.06 bits per heavy atom. The molecule has 5 heteroatoms. The molecular weight excluding hydrogens is 227 g/mol. The maximum Gasteiger partial charge on any atom is 0.475 e. The zero-order chi connectivity index (χ0) is 12.6. The van der Waals surface area contributed by atoms with Gasteiger partial charge in [0, 0.05) is 0 Å². The van der Waals surface area contributed by atoms with Crippen molar-refractivity contribution in [3.8, 4) is 0 Å². The highest BCUT2D eigenvalue weighted by Gasteiger charge is 2.30. The van der Waals surface area contributed by atoms with Crippen molar-refractivity contribution in [1.82, 2.24) is 0 Å². The molecule has 0 rings (SSSR count). The molecule has 0 heterocycles. The molecule has 0 spiro atoms. The minimum atomic E-state index is -3.36. The largest absolute Gasteiger partial charge is 0.475 e. The SMILES string of the molecule is CCCC(OP(=O)(OCC)OCC)C(C)C. The van der Waals surface area contributed by atoms with Crippen LogP contribution in [0.5, 0.6) is 0 Å².